The summed E-state index contributed by atoms with van der Waals surface area (Å²) in [5.74, 6) is 0.857. The van der Waals surface area contributed by atoms with Crippen LogP contribution in [0.2, 0.25) is 0 Å². The number of nitrogens with zero attached hydrogens (tertiary/aromatic N) is 2. The van der Waals surface area contributed by atoms with E-state index in [9.17, 15) is 8.42 Å². The Kier molecular flexibility index (Phi) is 5.29. The molecule has 0 spiro atoms. The van der Waals surface area contributed by atoms with Crippen molar-refractivity contribution in [2.75, 3.05) is 0 Å². The normalized spacial score (nSPS) is 16.9. The number of H-pyrrole nitrogens is 1. The number of nitrogens with one attached hydrogen (secondary N) is 2. The van der Waals surface area contributed by atoms with Crippen LogP contribution in [0.1, 0.15) is 62.6 Å². The fourth-order valence-corrected chi connectivity index (χ4v) is 5.27. The third kappa shape index (κ3) is 3.79. The molecule has 138 valence electrons. The number of aromatic amines is 1. The Morgan fingerprint density at radius 1 is 1.16 bits per heavy atom. The Balaban J connectivity index is 1.90. The van der Waals surface area contributed by atoms with E-state index in [0.717, 1.165) is 25.7 Å². The van der Waals surface area contributed by atoms with Crippen LogP contribution < -0.4 is 4.72 Å². The van der Waals surface area contributed by atoms with Gasteiger partial charge in [-0.2, -0.15) is 0 Å². The number of hydrogen-bond acceptors (Lipinski definition) is 5. The molecule has 1 saturated carbocycles. The molecule has 3 rings (SSSR count). The van der Waals surface area contributed by atoms with Gasteiger partial charge in [0.2, 0.25) is 15.9 Å². The van der Waals surface area contributed by atoms with Crippen LogP contribution in [0, 0.1) is 13.8 Å². The van der Waals surface area contributed by atoms with Crippen molar-refractivity contribution >= 4 is 10.0 Å². The summed E-state index contributed by atoms with van der Waals surface area (Å²) in [6, 6.07) is 0.0137. The van der Waals surface area contributed by atoms with Crippen LogP contribution >= 0.6 is 0 Å². The highest BCUT2D eigenvalue weighted by Gasteiger charge is 2.28. The lowest BCUT2D eigenvalue weighted by molar-refractivity contribution is 0.509. The Morgan fingerprint density at radius 2 is 1.84 bits per heavy atom. The Morgan fingerprint density at radius 3 is 2.44 bits per heavy atom. The van der Waals surface area contributed by atoms with E-state index in [1.54, 1.807) is 13.8 Å². The Hall–Kier alpha value is -1.67. The molecule has 2 aromatic rings. The van der Waals surface area contributed by atoms with E-state index in [2.05, 4.69) is 19.9 Å². The van der Waals surface area contributed by atoms with Crippen LogP contribution in [0.4, 0.5) is 0 Å². The lowest BCUT2D eigenvalue weighted by atomic mass is 10.1. The maximum atomic E-state index is 13.0. The Labute approximate surface area is 148 Å². The molecule has 2 N–H and O–H groups in total. The van der Waals surface area contributed by atoms with Gasteiger partial charge >= 0.3 is 0 Å². The van der Waals surface area contributed by atoms with E-state index in [1.807, 2.05) is 6.92 Å². The van der Waals surface area contributed by atoms with Gasteiger partial charge in [0.05, 0.1) is 0 Å². The summed E-state index contributed by atoms with van der Waals surface area (Å²) in [5.41, 5.74) is 1.78. The fourth-order valence-electron chi connectivity index (χ4n) is 3.52. The maximum Gasteiger partial charge on any atom is 0.264 e. The van der Waals surface area contributed by atoms with E-state index >= 15 is 0 Å². The van der Waals surface area contributed by atoms with E-state index in [1.165, 1.54) is 12.8 Å². The van der Waals surface area contributed by atoms with E-state index in [0.29, 0.717) is 40.0 Å². The van der Waals surface area contributed by atoms with Crippen LogP contribution in [0.3, 0.4) is 0 Å². The number of sulfonamides is 1. The zero-order valence-corrected chi connectivity index (χ0v) is 15.9. The molecule has 0 saturated heterocycles. The molecule has 1 aliphatic carbocycles. The van der Waals surface area contributed by atoms with Crippen molar-refractivity contribution in [2.24, 2.45) is 0 Å². The maximum absolute atomic E-state index is 13.0. The van der Waals surface area contributed by atoms with Gasteiger partial charge in [0.25, 0.3) is 5.89 Å². The number of hydrogen-bond donors (Lipinski definition) is 2. The van der Waals surface area contributed by atoms with Crippen LogP contribution in [-0.4, -0.2) is 29.6 Å². The molecule has 0 aromatic carbocycles. The second kappa shape index (κ2) is 7.29. The third-order valence-corrected chi connectivity index (χ3v) is 6.59. The number of aromatic nitrogens is 3. The van der Waals surface area contributed by atoms with Gasteiger partial charge in [-0.25, -0.2) is 13.1 Å². The average Bonchev–Trinajstić information content (AvgIpc) is 3.05. The summed E-state index contributed by atoms with van der Waals surface area (Å²) in [5, 5.41) is 7.98. The summed E-state index contributed by atoms with van der Waals surface area (Å²) in [6.45, 7) is 5.46. The summed E-state index contributed by atoms with van der Waals surface area (Å²) in [7, 11) is -3.59. The van der Waals surface area contributed by atoms with Gasteiger partial charge < -0.3 is 9.40 Å². The molecule has 1 fully saturated rings. The van der Waals surface area contributed by atoms with Crippen molar-refractivity contribution < 1.29 is 12.8 Å². The molecule has 0 bridgehead atoms. The van der Waals surface area contributed by atoms with Gasteiger partial charge in [-0.3, -0.25) is 0 Å². The zero-order valence-electron chi connectivity index (χ0n) is 15.1. The first-order chi connectivity index (χ1) is 11.9. The second-order valence-electron chi connectivity index (χ2n) is 6.74. The minimum absolute atomic E-state index is 0.0137. The van der Waals surface area contributed by atoms with E-state index in [-0.39, 0.29) is 6.04 Å². The molecule has 2 heterocycles. The molecule has 2 aromatic heterocycles. The molecule has 8 heteroatoms. The summed E-state index contributed by atoms with van der Waals surface area (Å²) in [4.78, 5) is 3.40. The minimum Gasteiger partial charge on any atom is -0.419 e. The molecule has 7 nitrogen and oxygen atoms in total. The molecule has 25 heavy (non-hydrogen) atoms. The van der Waals surface area contributed by atoms with Crippen LogP contribution in [0.15, 0.2) is 9.31 Å². The van der Waals surface area contributed by atoms with E-state index < -0.39 is 10.0 Å². The first-order valence-corrected chi connectivity index (χ1v) is 10.4. The molecular weight excluding hydrogens is 340 g/mol. The lowest BCUT2D eigenvalue weighted by Crippen LogP contribution is -2.34. The predicted octanol–water partition coefficient (Wildman–Crippen LogP) is 3.25. The molecule has 1 aliphatic rings. The van der Waals surface area contributed by atoms with Crippen molar-refractivity contribution in [3.63, 3.8) is 0 Å². The zero-order chi connectivity index (χ0) is 18.0. The summed E-state index contributed by atoms with van der Waals surface area (Å²) >= 11 is 0. The summed E-state index contributed by atoms with van der Waals surface area (Å²) < 4.78 is 34.4. The third-order valence-electron chi connectivity index (χ3n) is 4.80. The highest BCUT2D eigenvalue weighted by molar-refractivity contribution is 7.89. The van der Waals surface area contributed by atoms with Crippen molar-refractivity contribution in [1.29, 1.82) is 0 Å². The van der Waals surface area contributed by atoms with E-state index in [4.69, 9.17) is 4.42 Å². The van der Waals surface area contributed by atoms with Gasteiger partial charge in [-0.15, -0.1) is 10.2 Å². The van der Waals surface area contributed by atoms with Crippen LogP contribution in [0.25, 0.3) is 11.6 Å². The fraction of sp³-hybridized carbons (Fsp3) is 0.647. The highest BCUT2D eigenvalue weighted by Crippen LogP contribution is 2.30. The van der Waals surface area contributed by atoms with Crippen molar-refractivity contribution in [3.8, 4) is 11.6 Å². The van der Waals surface area contributed by atoms with Crippen LogP contribution in [0.5, 0.6) is 0 Å². The van der Waals surface area contributed by atoms with Gasteiger partial charge in [0, 0.05) is 18.2 Å². The highest BCUT2D eigenvalue weighted by atomic mass is 32.2. The molecule has 0 unspecified atom stereocenters. The number of aryl methyl sites for hydroxylation is 2. The SMILES string of the molecule is CCc1nnc(-c2[nH]c(C)c(S(=O)(=O)NC3CCCCCC3)c2C)o1. The first kappa shape index (κ1) is 18.1. The number of rotatable bonds is 5. The van der Waals surface area contributed by atoms with Crippen molar-refractivity contribution in [3.05, 3.63) is 17.1 Å². The molecule has 0 aliphatic heterocycles. The lowest BCUT2D eigenvalue weighted by Gasteiger charge is -2.16. The quantitative estimate of drug-likeness (QED) is 0.791. The topological polar surface area (TPSA) is 101 Å². The molecular formula is C17H26N4O3S. The van der Waals surface area contributed by atoms with Gasteiger partial charge in [0.15, 0.2) is 0 Å². The smallest absolute Gasteiger partial charge is 0.264 e. The minimum atomic E-state index is -3.59. The van der Waals surface area contributed by atoms with Gasteiger partial charge in [0.1, 0.15) is 10.6 Å². The molecule has 0 atom stereocenters. The predicted molar refractivity (Wildman–Crippen MR) is 94.7 cm³/mol. The molecule has 0 radical (unpaired) electrons. The second-order valence-corrected chi connectivity index (χ2v) is 8.39. The Bertz CT molecular complexity index is 830. The van der Waals surface area contributed by atoms with Gasteiger partial charge in [-0.05, 0) is 32.3 Å². The monoisotopic (exact) mass is 366 g/mol. The van der Waals surface area contributed by atoms with Crippen LogP contribution in [-0.2, 0) is 16.4 Å². The van der Waals surface area contributed by atoms with Crippen molar-refractivity contribution in [1.82, 2.24) is 19.9 Å². The largest absolute Gasteiger partial charge is 0.419 e. The summed E-state index contributed by atoms with van der Waals surface area (Å²) in [6.07, 6.45) is 6.95. The molecule has 0 amide bonds. The van der Waals surface area contributed by atoms with Gasteiger partial charge in [-0.1, -0.05) is 32.6 Å². The standard InChI is InChI=1S/C17H26N4O3S/c1-4-14-19-20-17(24-14)15-11(2)16(12(3)18-15)25(22,23)21-13-9-7-5-6-8-10-13/h13,18,21H,4-10H2,1-3H3. The first-order valence-electron chi connectivity index (χ1n) is 8.96. The van der Waals surface area contributed by atoms with Crippen molar-refractivity contribution in [2.45, 2.75) is 76.7 Å². The average molecular weight is 366 g/mol.